The first-order chi connectivity index (χ1) is 13.9. The van der Waals surface area contributed by atoms with Crippen molar-refractivity contribution in [2.24, 2.45) is 0 Å². The van der Waals surface area contributed by atoms with Gasteiger partial charge in [-0.1, -0.05) is 36.4 Å². The highest BCUT2D eigenvalue weighted by molar-refractivity contribution is 7.87. The summed E-state index contributed by atoms with van der Waals surface area (Å²) in [5.74, 6) is -14.7. The molecule has 0 radical (unpaired) electrons. The average molecular weight is 484 g/mol. The number of hydrogen-bond acceptors (Lipinski definition) is 4. The second-order valence-electron chi connectivity index (χ2n) is 5.62. The maximum Gasteiger partial charge on any atom is 0.460 e. The van der Waals surface area contributed by atoms with Crippen molar-refractivity contribution >= 4 is 21.5 Å². The van der Waals surface area contributed by atoms with E-state index in [1.54, 1.807) is 0 Å². The number of rotatable bonds is 6. The molecule has 0 aliphatic carbocycles. The fourth-order valence-corrected chi connectivity index (χ4v) is 2.16. The molecule has 0 bridgehead atoms. The molecule has 0 aromatic heterocycles. The minimum absolute atomic E-state index is 1.05. The molecule has 0 aliphatic rings. The van der Waals surface area contributed by atoms with Crippen molar-refractivity contribution in [3.63, 3.8) is 0 Å². The molecule has 0 spiro atoms. The van der Waals surface area contributed by atoms with E-state index >= 15 is 0 Å². The molecule has 0 unspecified atom stereocenters. The van der Waals surface area contributed by atoms with Crippen molar-refractivity contribution in [3.05, 3.63) is 60.7 Å². The van der Waals surface area contributed by atoms with Crippen molar-refractivity contribution in [1.29, 1.82) is 0 Å². The van der Waals surface area contributed by atoms with Gasteiger partial charge in [-0.2, -0.15) is 47.9 Å². The van der Waals surface area contributed by atoms with Gasteiger partial charge in [0.1, 0.15) is 0 Å². The van der Waals surface area contributed by atoms with Crippen LogP contribution in [-0.2, 0) is 10.1 Å². The standard InChI is InChI=1S/C12H12N2.C4HF9O3S/c1-3-7-11(8-4-1)13-14-12-9-5-2-6-10-12;5-1(6,3(9,10)11)2(7,8)4(12,13)17(14,15)16/h1-10,13-14H;(H,14,15,16). The van der Waals surface area contributed by atoms with Crippen LogP contribution in [0.1, 0.15) is 0 Å². The molecular weight excluding hydrogens is 471 g/mol. The van der Waals surface area contributed by atoms with E-state index in [9.17, 15) is 47.9 Å². The van der Waals surface area contributed by atoms with Crippen LogP contribution in [0.4, 0.5) is 50.9 Å². The van der Waals surface area contributed by atoms with Gasteiger partial charge in [-0.3, -0.25) is 4.55 Å². The predicted octanol–water partition coefficient (Wildman–Crippen LogP) is 5.43. The first kappa shape index (κ1) is 26.4. The number of hydrazine groups is 1. The van der Waals surface area contributed by atoms with Gasteiger partial charge in [-0.05, 0) is 24.3 Å². The molecule has 0 saturated carbocycles. The molecule has 31 heavy (non-hydrogen) atoms. The van der Waals surface area contributed by atoms with Gasteiger partial charge >= 0.3 is 33.4 Å². The Morgan fingerprint density at radius 2 is 0.935 bits per heavy atom. The number of halogens is 9. The summed E-state index contributed by atoms with van der Waals surface area (Å²) in [4.78, 5) is 0. The highest BCUT2D eigenvalue weighted by atomic mass is 32.2. The first-order valence-electron chi connectivity index (χ1n) is 7.74. The third-order valence-electron chi connectivity index (χ3n) is 3.34. The largest absolute Gasteiger partial charge is 0.460 e. The lowest BCUT2D eigenvalue weighted by Gasteiger charge is -2.31. The molecule has 15 heteroatoms. The van der Waals surface area contributed by atoms with Crippen molar-refractivity contribution in [3.8, 4) is 0 Å². The summed E-state index contributed by atoms with van der Waals surface area (Å²) in [6.45, 7) is 0. The number of anilines is 2. The van der Waals surface area contributed by atoms with E-state index in [4.69, 9.17) is 4.55 Å². The highest BCUT2D eigenvalue weighted by Gasteiger charge is 2.85. The molecule has 2 rings (SSSR count). The molecule has 0 aliphatic heterocycles. The second kappa shape index (κ2) is 9.21. The van der Waals surface area contributed by atoms with Gasteiger partial charge in [0.05, 0.1) is 11.4 Å². The third kappa shape index (κ3) is 5.94. The Bertz CT molecular complexity index is 898. The van der Waals surface area contributed by atoms with Gasteiger partial charge in [-0.15, -0.1) is 0 Å². The Morgan fingerprint density at radius 3 is 1.19 bits per heavy atom. The predicted molar refractivity (Wildman–Crippen MR) is 92.6 cm³/mol. The normalized spacial score (nSPS) is 13.1. The van der Waals surface area contributed by atoms with Gasteiger partial charge in [0.25, 0.3) is 0 Å². The number of hydrogen-bond donors (Lipinski definition) is 3. The summed E-state index contributed by atoms with van der Waals surface area (Å²) in [7, 11) is -7.17. The maximum absolute atomic E-state index is 12.2. The summed E-state index contributed by atoms with van der Waals surface area (Å²) in [5.41, 5.74) is 8.33. The van der Waals surface area contributed by atoms with Crippen molar-refractivity contribution in [2.75, 3.05) is 10.9 Å². The van der Waals surface area contributed by atoms with Crippen LogP contribution in [0.2, 0.25) is 0 Å². The van der Waals surface area contributed by atoms with Crippen molar-refractivity contribution in [2.45, 2.75) is 23.3 Å². The van der Waals surface area contributed by atoms with E-state index < -0.39 is 33.4 Å². The minimum Gasteiger partial charge on any atom is -0.301 e. The number of benzene rings is 2. The zero-order valence-corrected chi connectivity index (χ0v) is 15.7. The van der Waals surface area contributed by atoms with E-state index in [1.165, 1.54) is 0 Å². The lowest BCUT2D eigenvalue weighted by Crippen LogP contribution is -2.63. The summed E-state index contributed by atoms with van der Waals surface area (Å²) in [5, 5.41) is -7.00. The number of alkyl halides is 9. The molecule has 0 saturated heterocycles. The van der Waals surface area contributed by atoms with Gasteiger partial charge in [-0.25, -0.2) is 0 Å². The van der Waals surface area contributed by atoms with E-state index in [2.05, 4.69) is 10.9 Å². The molecule has 2 aromatic rings. The van der Waals surface area contributed by atoms with Crippen molar-refractivity contribution in [1.82, 2.24) is 0 Å². The van der Waals surface area contributed by atoms with Crippen LogP contribution in [0.3, 0.4) is 0 Å². The molecule has 0 atom stereocenters. The molecule has 0 fully saturated rings. The molecule has 3 N–H and O–H groups in total. The summed E-state index contributed by atoms with van der Waals surface area (Å²) in [6, 6.07) is 20.0. The molecule has 174 valence electrons. The molecule has 0 amide bonds. The van der Waals surface area contributed by atoms with Crippen LogP contribution >= 0.6 is 0 Å². The van der Waals surface area contributed by atoms with E-state index in [0.717, 1.165) is 11.4 Å². The summed E-state index contributed by atoms with van der Waals surface area (Å²) >= 11 is 0. The second-order valence-corrected chi connectivity index (χ2v) is 7.08. The Balaban J connectivity index is 0.000000314. The van der Waals surface area contributed by atoms with Gasteiger partial charge < -0.3 is 10.9 Å². The highest BCUT2D eigenvalue weighted by Crippen LogP contribution is 2.54. The lowest BCUT2D eigenvalue weighted by molar-refractivity contribution is -0.382. The average Bonchev–Trinajstić information content (AvgIpc) is 2.66. The number of nitrogens with one attached hydrogen (secondary N) is 2. The molecule has 2 aromatic carbocycles. The zero-order chi connectivity index (χ0) is 24.1. The van der Waals surface area contributed by atoms with Crippen LogP contribution in [0.25, 0.3) is 0 Å². The van der Waals surface area contributed by atoms with Crippen LogP contribution < -0.4 is 10.9 Å². The van der Waals surface area contributed by atoms with Crippen molar-refractivity contribution < 1.29 is 52.5 Å². The topological polar surface area (TPSA) is 78.4 Å². The Labute approximate surface area is 169 Å². The number of para-hydroxylation sites is 2. The van der Waals surface area contributed by atoms with E-state index in [-0.39, 0.29) is 0 Å². The van der Waals surface area contributed by atoms with E-state index in [0.29, 0.717) is 0 Å². The lowest BCUT2D eigenvalue weighted by atomic mass is 10.1. The van der Waals surface area contributed by atoms with Crippen LogP contribution in [0, 0.1) is 0 Å². The minimum atomic E-state index is -7.37. The Hall–Kier alpha value is -2.68. The maximum atomic E-state index is 12.2. The van der Waals surface area contributed by atoms with E-state index in [1.807, 2.05) is 60.7 Å². The fourth-order valence-electron chi connectivity index (χ4n) is 1.71. The first-order valence-corrected chi connectivity index (χ1v) is 9.18. The smallest absolute Gasteiger partial charge is 0.301 e. The van der Waals surface area contributed by atoms with Crippen LogP contribution in [0.15, 0.2) is 60.7 Å². The van der Waals surface area contributed by atoms with Crippen LogP contribution in [-0.4, -0.2) is 36.2 Å². The van der Waals surface area contributed by atoms with Gasteiger partial charge in [0, 0.05) is 0 Å². The molecule has 0 heterocycles. The molecular formula is C16H13F9N2O3S. The van der Waals surface area contributed by atoms with Gasteiger partial charge in [0.15, 0.2) is 0 Å². The Kier molecular flexibility index (Phi) is 7.83. The fraction of sp³-hybridized carbons (Fsp3) is 0.250. The third-order valence-corrected chi connectivity index (χ3v) is 4.24. The Morgan fingerprint density at radius 1 is 0.613 bits per heavy atom. The summed E-state index contributed by atoms with van der Waals surface area (Å²) < 4.78 is 134. The SMILES string of the molecule is O=S(=O)(O)C(F)(F)C(F)(F)C(F)(F)C(F)(F)F.c1ccc(NNc2ccccc2)cc1. The van der Waals surface area contributed by atoms with Crippen LogP contribution in [0.5, 0.6) is 0 Å². The summed E-state index contributed by atoms with van der Waals surface area (Å²) in [6.07, 6.45) is -7.13. The monoisotopic (exact) mass is 484 g/mol. The molecule has 5 nitrogen and oxygen atoms in total. The zero-order valence-electron chi connectivity index (χ0n) is 14.8. The quantitative estimate of drug-likeness (QED) is 0.290. The van der Waals surface area contributed by atoms with Gasteiger partial charge in [0.2, 0.25) is 0 Å².